The van der Waals surface area contributed by atoms with Crippen LogP contribution in [-0.2, 0) is 13.2 Å². The van der Waals surface area contributed by atoms with Gasteiger partial charge in [0.2, 0.25) is 0 Å². The van der Waals surface area contributed by atoms with E-state index >= 15 is 0 Å². The highest BCUT2D eigenvalue weighted by Crippen LogP contribution is 2.33. The summed E-state index contributed by atoms with van der Waals surface area (Å²) in [5.41, 5.74) is 6.81. The number of rotatable bonds is 9. The zero-order valence-corrected chi connectivity index (χ0v) is 20.0. The molecular weight excluding hydrogens is 448 g/mol. The second kappa shape index (κ2) is 10.5. The molecule has 2 N–H and O–H groups in total. The molecule has 4 rings (SSSR count). The van der Waals surface area contributed by atoms with E-state index in [9.17, 15) is 9.59 Å². The zero-order valence-electron chi connectivity index (χ0n) is 20.0. The second-order valence-corrected chi connectivity index (χ2v) is 8.37. The van der Waals surface area contributed by atoms with E-state index in [1.54, 1.807) is 0 Å². The van der Waals surface area contributed by atoms with Crippen molar-refractivity contribution in [2.75, 3.05) is 13.2 Å². The standard InChI is InChI=1S/C27H28N2O6/c1-17-14-25(33-12-11-30)18(2)13-24(17)23-6-4-5-21(19(23)3)16-34-22-9-7-20(8-10-22)15-29-26(31)28-27(32)35-29/h4-10,13-14,30H,11-12,15-16H2,1-3H3,(H,28,31,32). The zero-order chi connectivity index (χ0) is 24.9. The highest BCUT2D eigenvalue weighted by atomic mass is 16.5. The number of ether oxygens (including phenoxy) is 2. The third kappa shape index (κ3) is 5.55. The molecule has 0 aliphatic carbocycles. The summed E-state index contributed by atoms with van der Waals surface area (Å²) in [7, 11) is 0. The van der Waals surface area contributed by atoms with Crippen molar-refractivity contribution in [3.05, 3.63) is 103 Å². The van der Waals surface area contributed by atoms with E-state index in [0.29, 0.717) is 12.4 Å². The fraction of sp³-hybridized carbons (Fsp3) is 0.259. The second-order valence-electron chi connectivity index (χ2n) is 8.37. The molecule has 182 valence electrons. The molecule has 8 heteroatoms. The molecule has 35 heavy (non-hydrogen) atoms. The summed E-state index contributed by atoms with van der Waals surface area (Å²) in [6, 6.07) is 17.6. The normalized spacial score (nSPS) is 11.0. The van der Waals surface area contributed by atoms with E-state index in [-0.39, 0.29) is 19.8 Å². The van der Waals surface area contributed by atoms with Crippen LogP contribution in [0, 0.1) is 20.8 Å². The van der Waals surface area contributed by atoms with Gasteiger partial charge in [0.25, 0.3) is 0 Å². The highest BCUT2D eigenvalue weighted by molar-refractivity contribution is 5.73. The Morgan fingerprint density at radius 1 is 0.943 bits per heavy atom. The van der Waals surface area contributed by atoms with Gasteiger partial charge in [-0.05, 0) is 84.0 Å². The molecule has 1 aromatic heterocycles. The number of aromatic nitrogens is 2. The maximum absolute atomic E-state index is 11.6. The van der Waals surface area contributed by atoms with E-state index in [1.807, 2.05) is 43.3 Å². The van der Waals surface area contributed by atoms with Crippen molar-refractivity contribution < 1.29 is 19.1 Å². The van der Waals surface area contributed by atoms with Gasteiger partial charge in [-0.15, -0.1) is 4.74 Å². The van der Waals surface area contributed by atoms with Gasteiger partial charge in [-0.25, -0.2) is 14.6 Å². The fourth-order valence-electron chi connectivity index (χ4n) is 3.96. The van der Waals surface area contributed by atoms with Crippen LogP contribution in [0.25, 0.3) is 11.1 Å². The van der Waals surface area contributed by atoms with Crippen LogP contribution in [0.2, 0.25) is 0 Å². The van der Waals surface area contributed by atoms with Crippen LogP contribution in [0.3, 0.4) is 0 Å². The van der Waals surface area contributed by atoms with Crippen LogP contribution >= 0.6 is 0 Å². The first kappa shape index (κ1) is 24.1. The minimum Gasteiger partial charge on any atom is -0.491 e. The minimum absolute atomic E-state index is 0.0187. The van der Waals surface area contributed by atoms with Gasteiger partial charge >= 0.3 is 11.4 Å². The molecule has 3 aromatic carbocycles. The van der Waals surface area contributed by atoms with Crippen LogP contribution in [-0.4, -0.2) is 28.0 Å². The number of aliphatic hydroxyl groups is 1. The van der Waals surface area contributed by atoms with Gasteiger partial charge in [-0.2, -0.15) is 0 Å². The third-order valence-electron chi connectivity index (χ3n) is 5.88. The summed E-state index contributed by atoms with van der Waals surface area (Å²) in [5, 5.41) is 9.04. The van der Waals surface area contributed by atoms with Gasteiger partial charge in [0.1, 0.15) is 24.7 Å². The molecule has 0 aliphatic rings. The Hall–Kier alpha value is -4.04. The number of nitrogens with zero attached hydrogens (tertiary/aromatic N) is 1. The van der Waals surface area contributed by atoms with Crippen LogP contribution < -0.4 is 20.9 Å². The van der Waals surface area contributed by atoms with Crippen LogP contribution in [0.15, 0.2) is 68.7 Å². The van der Waals surface area contributed by atoms with Crippen LogP contribution in [0.1, 0.15) is 27.8 Å². The lowest BCUT2D eigenvalue weighted by Gasteiger charge is -2.17. The Morgan fingerprint density at radius 2 is 1.71 bits per heavy atom. The maximum Gasteiger partial charge on any atom is 0.440 e. The summed E-state index contributed by atoms with van der Waals surface area (Å²) in [4.78, 5) is 24.8. The van der Waals surface area contributed by atoms with Gasteiger partial charge in [-0.1, -0.05) is 30.3 Å². The molecule has 0 atom stereocenters. The predicted molar refractivity (Wildman–Crippen MR) is 132 cm³/mol. The van der Waals surface area contributed by atoms with Gasteiger partial charge in [0.05, 0.1) is 13.2 Å². The third-order valence-corrected chi connectivity index (χ3v) is 5.88. The molecule has 0 unspecified atom stereocenters. The van der Waals surface area contributed by atoms with Gasteiger partial charge in [-0.3, -0.25) is 0 Å². The van der Waals surface area contributed by atoms with Crippen molar-refractivity contribution in [1.82, 2.24) is 9.72 Å². The Kier molecular flexibility index (Phi) is 7.22. The molecule has 0 bridgehead atoms. The number of nitrogens with one attached hydrogen (secondary N) is 1. The lowest BCUT2D eigenvalue weighted by molar-refractivity contribution is 0.200. The Labute approximate surface area is 202 Å². The maximum atomic E-state index is 11.6. The molecule has 1 heterocycles. The number of aromatic amines is 1. The summed E-state index contributed by atoms with van der Waals surface area (Å²) in [6.45, 7) is 6.95. The summed E-state index contributed by atoms with van der Waals surface area (Å²) < 4.78 is 17.4. The number of hydrogen-bond acceptors (Lipinski definition) is 6. The minimum atomic E-state index is -0.774. The topological polar surface area (TPSA) is 107 Å². The van der Waals surface area contributed by atoms with Crippen molar-refractivity contribution in [3.8, 4) is 22.6 Å². The molecule has 8 nitrogen and oxygen atoms in total. The summed E-state index contributed by atoms with van der Waals surface area (Å²) in [5.74, 6) is 0.701. The number of H-pyrrole nitrogens is 1. The van der Waals surface area contributed by atoms with E-state index < -0.39 is 11.4 Å². The number of hydrogen-bond donors (Lipinski definition) is 2. The van der Waals surface area contributed by atoms with Crippen molar-refractivity contribution >= 4 is 0 Å². The summed E-state index contributed by atoms with van der Waals surface area (Å²) in [6.07, 6.45) is 0. The Morgan fingerprint density at radius 3 is 2.40 bits per heavy atom. The average molecular weight is 477 g/mol. The number of benzene rings is 3. The van der Waals surface area contributed by atoms with E-state index in [4.69, 9.17) is 19.1 Å². The van der Waals surface area contributed by atoms with Crippen LogP contribution in [0.4, 0.5) is 0 Å². The molecule has 0 fully saturated rings. The average Bonchev–Trinajstić information content (AvgIpc) is 3.16. The first-order chi connectivity index (χ1) is 16.9. The van der Waals surface area contributed by atoms with Gasteiger partial charge < -0.3 is 19.1 Å². The molecule has 0 saturated carbocycles. The highest BCUT2D eigenvalue weighted by Gasteiger charge is 2.12. The van der Waals surface area contributed by atoms with Crippen molar-refractivity contribution in [1.29, 1.82) is 0 Å². The van der Waals surface area contributed by atoms with E-state index in [2.05, 4.69) is 37.0 Å². The van der Waals surface area contributed by atoms with Crippen molar-refractivity contribution in [3.63, 3.8) is 0 Å². The quantitative estimate of drug-likeness (QED) is 0.381. The molecular formula is C27H28N2O6. The fourth-order valence-corrected chi connectivity index (χ4v) is 3.96. The molecule has 0 aliphatic heterocycles. The summed E-state index contributed by atoms with van der Waals surface area (Å²) >= 11 is 0. The smallest absolute Gasteiger partial charge is 0.440 e. The van der Waals surface area contributed by atoms with Gasteiger partial charge in [0, 0.05) is 0 Å². The Balaban J connectivity index is 1.48. The van der Waals surface area contributed by atoms with E-state index in [0.717, 1.165) is 49.4 Å². The van der Waals surface area contributed by atoms with Crippen molar-refractivity contribution in [2.24, 2.45) is 0 Å². The molecule has 0 amide bonds. The first-order valence-corrected chi connectivity index (χ1v) is 11.3. The Bertz CT molecular complexity index is 1430. The van der Waals surface area contributed by atoms with Crippen molar-refractivity contribution in [2.45, 2.75) is 33.9 Å². The lowest BCUT2D eigenvalue weighted by Crippen LogP contribution is -2.17. The SMILES string of the molecule is Cc1cc(-c2cccc(COc3ccc(Cn4oc(=O)[nH]c4=O)cc3)c2C)c(C)cc1OCCO. The van der Waals surface area contributed by atoms with E-state index in [1.165, 1.54) is 0 Å². The van der Waals surface area contributed by atoms with Crippen LogP contribution in [0.5, 0.6) is 11.5 Å². The first-order valence-electron chi connectivity index (χ1n) is 11.3. The molecule has 4 aromatic rings. The number of aryl methyl sites for hydroxylation is 2. The molecule has 0 saturated heterocycles. The number of aliphatic hydroxyl groups excluding tert-OH is 1. The monoisotopic (exact) mass is 476 g/mol. The van der Waals surface area contributed by atoms with Gasteiger partial charge in [0.15, 0.2) is 0 Å². The predicted octanol–water partition coefficient (Wildman–Crippen LogP) is 3.72. The largest absolute Gasteiger partial charge is 0.491 e. The lowest BCUT2D eigenvalue weighted by atomic mass is 9.92. The molecule has 0 radical (unpaired) electrons. The molecule has 0 spiro atoms.